The van der Waals surface area contributed by atoms with Gasteiger partial charge in [0.2, 0.25) is 0 Å². The second kappa shape index (κ2) is 4.11. The van der Waals surface area contributed by atoms with Crippen LogP contribution in [0.2, 0.25) is 13.1 Å². The molecule has 1 atom stereocenters. The summed E-state index contributed by atoms with van der Waals surface area (Å²) in [5, 5.41) is 0. The van der Waals surface area contributed by atoms with Crippen molar-refractivity contribution in [2.45, 2.75) is 25.6 Å². The molecule has 0 saturated carbocycles. The fourth-order valence-electron chi connectivity index (χ4n) is 0.726. The largest absolute Gasteiger partial charge is 0.385 e. The number of rotatable bonds is 5. The molecular weight excluding hydrogens is 144 g/mol. The zero-order chi connectivity index (χ0) is 7.40. The second-order valence-electron chi connectivity index (χ2n) is 3.00. The smallest absolute Gasteiger partial charge is 0.0831 e. The first-order chi connectivity index (χ1) is 4.79. The Morgan fingerprint density at radius 2 is 2.30 bits per heavy atom. The van der Waals surface area contributed by atoms with Gasteiger partial charge in [-0.1, -0.05) is 13.1 Å². The average molecular weight is 159 g/mol. The molecule has 1 radical (unpaired) electrons. The van der Waals surface area contributed by atoms with Crippen LogP contribution in [-0.2, 0) is 9.47 Å². The van der Waals surface area contributed by atoms with Crippen LogP contribution in [-0.4, -0.2) is 34.3 Å². The molecule has 1 saturated heterocycles. The fraction of sp³-hybridized carbons (Fsp3) is 1.00. The first-order valence-electron chi connectivity index (χ1n) is 3.77. The molecule has 0 N–H and O–H groups in total. The Hall–Kier alpha value is 0.137. The summed E-state index contributed by atoms with van der Waals surface area (Å²) in [7, 11) is -0.175. The van der Waals surface area contributed by atoms with Gasteiger partial charge < -0.3 is 9.47 Å². The van der Waals surface area contributed by atoms with Crippen molar-refractivity contribution in [2.24, 2.45) is 0 Å². The molecule has 0 aliphatic carbocycles. The van der Waals surface area contributed by atoms with Gasteiger partial charge in [0.15, 0.2) is 0 Å². The van der Waals surface area contributed by atoms with Gasteiger partial charge in [-0.15, -0.1) is 0 Å². The summed E-state index contributed by atoms with van der Waals surface area (Å²) >= 11 is 0. The molecule has 0 amide bonds. The molecule has 0 spiro atoms. The van der Waals surface area contributed by atoms with Crippen molar-refractivity contribution in [1.82, 2.24) is 0 Å². The minimum Gasteiger partial charge on any atom is -0.385 e. The van der Waals surface area contributed by atoms with Crippen molar-refractivity contribution in [2.75, 3.05) is 19.4 Å². The highest BCUT2D eigenvalue weighted by Crippen LogP contribution is 2.12. The molecule has 1 rings (SSSR count). The maximum atomic E-state index is 5.41. The van der Waals surface area contributed by atoms with E-state index in [9.17, 15) is 0 Å². The van der Waals surface area contributed by atoms with Gasteiger partial charge in [0.25, 0.3) is 0 Å². The normalized spacial score (nSPS) is 23.7. The minimum atomic E-state index is -0.175. The quantitative estimate of drug-likeness (QED) is 0.340. The van der Waals surface area contributed by atoms with E-state index in [1.807, 2.05) is 0 Å². The van der Waals surface area contributed by atoms with E-state index in [4.69, 9.17) is 9.47 Å². The van der Waals surface area contributed by atoms with E-state index < -0.39 is 0 Å². The standard InChI is InChI=1S/C7H15O2Si/c1-10(2)6-8-4-3-7-5-9-7/h7H,3-6H2,1-2H3. The van der Waals surface area contributed by atoms with Crippen molar-refractivity contribution in [1.29, 1.82) is 0 Å². The van der Waals surface area contributed by atoms with Crippen LogP contribution < -0.4 is 0 Å². The number of hydrogen-bond donors (Lipinski definition) is 0. The van der Waals surface area contributed by atoms with E-state index in [0.29, 0.717) is 6.10 Å². The summed E-state index contributed by atoms with van der Waals surface area (Å²) in [5.41, 5.74) is 0. The first-order valence-corrected chi connectivity index (χ1v) is 6.48. The van der Waals surface area contributed by atoms with Gasteiger partial charge in [-0.25, -0.2) is 0 Å². The molecule has 1 aliphatic heterocycles. The van der Waals surface area contributed by atoms with Crippen LogP contribution in [0.3, 0.4) is 0 Å². The molecular formula is C7H15O2Si. The van der Waals surface area contributed by atoms with Gasteiger partial charge in [0.05, 0.1) is 21.5 Å². The molecule has 0 bridgehead atoms. The maximum absolute atomic E-state index is 5.41. The lowest BCUT2D eigenvalue weighted by Gasteiger charge is -2.03. The molecule has 59 valence electrons. The Morgan fingerprint density at radius 3 is 2.80 bits per heavy atom. The summed E-state index contributed by atoms with van der Waals surface area (Å²) in [6, 6.07) is 0. The SMILES string of the molecule is C[Si](C)COCCC1CO1. The molecule has 1 heterocycles. The molecule has 1 fully saturated rings. The summed E-state index contributed by atoms with van der Waals surface area (Å²) in [4.78, 5) is 0. The third-order valence-corrected chi connectivity index (χ3v) is 2.16. The zero-order valence-corrected chi connectivity index (χ0v) is 7.72. The van der Waals surface area contributed by atoms with Crippen LogP contribution in [0.4, 0.5) is 0 Å². The van der Waals surface area contributed by atoms with E-state index >= 15 is 0 Å². The zero-order valence-electron chi connectivity index (χ0n) is 6.72. The van der Waals surface area contributed by atoms with Crippen LogP contribution in [0.1, 0.15) is 6.42 Å². The molecule has 0 aromatic rings. The lowest BCUT2D eigenvalue weighted by Crippen LogP contribution is -2.12. The van der Waals surface area contributed by atoms with Crippen LogP contribution in [0, 0.1) is 0 Å². The Labute approximate surface area is 64.1 Å². The minimum absolute atomic E-state index is 0.175. The number of hydrogen-bond acceptors (Lipinski definition) is 2. The van der Waals surface area contributed by atoms with Crippen LogP contribution in [0.25, 0.3) is 0 Å². The van der Waals surface area contributed by atoms with E-state index in [-0.39, 0.29) is 8.80 Å². The first kappa shape index (κ1) is 8.24. The molecule has 0 aromatic heterocycles. The Bertz CT molecular complexity index is 87.6. The highest BCUT2D eigenvalue weighted by atomic mass is 28.3. The maximum Gasteiger partial charge on any atom is 0.0831 e. The van der Waals surface area contributed by atoms with Crippen molar-refractivity contribution < 1.29 is 9.47 Å². The molecule has 2 nitrogen and oxygen atoms in total. The van der Waals surface area contributed by atoms with E-state index in [1.165, 1.54) is 0 Å². The van der Waals surface area contributed by atoms with Gasteiger partial charge in [-0.2, -0.15) is 0 Å². The van der Waals surface area contributed by atoms with Crippen molar-refractivity contribution >= 4 is 8.80 Å². The summed E-state index contributed by atoms with van der Waals surface area (Å²) in [6.45, 7) is 6.37. The summed E-state index contributed by atoms with van der Waals surface area (Å²) in [6.07, 6.45) is 2.61. The van der Waals surface area contributed by atoms with E-state index in [0.717, 1.165) is 25.9 Å². The monoisotopic (exact) mass is 159 g/mol. The number of epoxide rings is 1. The van der Waals surface area contributed by atoms with Gasteiger partial charge in [-0.05, 0) is 6.42 Å². The Morgan fingerprint density at radius 1 is 1.60 bits per heavy atom. The molecule has 0 aromatic carbocycles. The highest BCUT2D eigenvalue weighted by molar-refractivity contribution is 6.55. The Balaban J connectivity index is 1.76. The lowest BCUT2D eigenvalue weighted by atomic mass is 10.4. The molecule has 10 heavy (non-hydrogen) atoms. The van der Waals surface area contributed by atoms with Crippen LogP contribution in [0.5, 0.6) is 0 Å². The predicted molar refractivity (Wildman–Crippen MR) is 42.7 cm³/mol. The van der Waals surface area contributed by atoms with Crippen molar-refractivity contribution in [3.05, 3.63) is 0 Å². The molecule has 1 aliphatic rings. The van der Waals surface area contributed by atoms with Gasteiger partial charge >= 0.3 is 0 Å². The summed E-state index contributed by atoms with van der Waals surface area (Å²) < 4.78 is 10.5. The fourth-order valence-corrected chi connectivity index (χ4v) is 1.28. The average Bonchev–Trinajstić information content (AvgIpc) is 2.62. The second-order valence-corrected chi connectivity index (χ2v) is 5.71. The summed E-state index contributed by atoms with van der Waals surface area (Å²) in [5.74, 6) is 0. The number of ether oxygens (including phenoxy) is 2. The Kier molecular flexibility index (Phi) is 3.38. The van der Waals surface area contributed by atoms with E-state index in [2.05, 4.69) is 13.1 Å². The van der Waals surface area contributed by atoms with Gasteiger partial charge in [-0.3, -0.25) is 0 Å². The topological polar surface area (TPSA) is 21.8 Å². The third kappa shape index (κ3) is 4.03. The molecule has 3 heteroatoms. The van der Waals surface area contributed by atoms with Crippen LogP contribution >= 0.6 is 0 Å². The molecule has 1 unspecified atom stereocenters. The van der Waals surface area contributed by atoms with E-state index in [1.54, 1.807) is 0 Å². The van der Waals surface area contributed by atoms with Gasteiger partial charge in [0.1, 0.15) is 0 Å². The third-order valence-electron chi connectivity index (χ3n) is 1.38. The van der Waals surface area contributed by atoms with Gasteiger partial charge in [0, 0.05) is 12.8 Å². The highest BCUT2D eigenvalue weighted by Gasteiger charge is 2.21. The van der Waals surface area contributed by atoms with Crippen LogP contribution in [0.15, 0.2) is 0 Å². The van der Waals surface area contributed by atoms with Crippen molar-refractivity contribution in [3.63, 3.8) is 0 Å². The van der Waals surface area contributed by atoms with Crippen molar-refractivity contribution in [3.8, 4) is 0 Å². The predicted octanol–water partition coefficient (Wildman–Crippen LogP) is 1.09. The lowest BCUT2D eigenvalue weighted by molar-refractivity contribution is 0.163.